The Balaban J connectivity index is 1.35. The van der Waals surface area contributed by atoms with Gasteiger partial charge in [-0.05, 0) is 43.3 Å². The van der Waals surface area contributed by atoms with Crippen LogP contribution in [0.15, 0.2) is 47.5 Å². The summed E-state index contributed by atoms with van der Waals surface area (Å²) in [5.41, 5.74) is 2.19. The minimum atomic E-state index is -1.61. The SMILES string of the molecule is [B]C([B])([B])n1cc(-c2ccc3cnc(NC(=O)c4coc(C5CCNCC5)n4)cc3n2)cn1. The van der Waals surface area contributed by atoms with Crippen LogP contribution < -0.4 is 10.6 Å². The number of nitrogens with zero attached hydrogens (tertiary/aromatic N) is 5. The van der Waals surface area contributed by atoms with Crippen molar-refractivity contribution in [1.82, 2.24) is 30.0 Å². The normalized spacial score (nSPS) is 15.0. The monoisotopic (exact) mass is 433 g/mol. The lowest BCUT2D eigenvalue weighted by molar-refractivity contribution is 0.102. The zero-order valence-corrected chi connectivity index (χ0v) is 17.7. The minimum absolute atomic E-state index is 0.216. The summed E-state index contributed by atoms with van der Waals surface area (Å²) in [4.78, 5) is 26.0. The summed E-state index contributed by atoms with van der Waals surface area (Å²) in [6, 6.07) is 5.39. The third-order valence-corrected chi connectivity index (χ3v) is 5.53. The highest BCUT2D eigenvalue weighted by molar-refractivity contribution is 6.56. The van der Waals surface area contributed by atoms with Crippen LogP contribution in [0.25, 0.3) is 22.2 Å². The Morgan fingerprint density at radius 2 is 2.00 bits per heavy atom. The maximum atomic E-state index is 12.7. The lowest BCUT2D eigenvalue weighted by Gasteiger charge is -2.20. The van der Waals surface area contributed by atoms with Gasteiger partial charge in [0.1, 0.15) is 12.1 Å². The van der Waals surface area contributed by atoms with Crippen molar-refractivity contribution < 1.29 is 9.21 Å². The first-order valence-corrected chi connectivity index (χ1v) is 10.5. The number of rotatable bonds is 5. The van der Waals surface area contributed by atoms with E-state index < -0.39 is 11.1 Å². The van der Waals surface area contributed by atoms with Gasteiger partial charge < -0.3 is 15.1 Å². The second kappa shape index (κ2) is 8.51. The molecule has 0 aromatic carbocycles. The summed E-state index contributed by atoms with van der Waals surface area (Å²) < 4.78 is 6.81. The summed E-state index contributed by atoms with van der Waals surface area (Å²) in [5, 5.41) is 9.35. The molecule has 1 saturated heterocycles. The fourth-order valence-electron chi connectivity index (χ4n) is 3.74. The van der Waals surface area contributed by atoms with Crippen molar-refractivity contribution in [3.8, 4) is 11.3 Å². The molecule has 158 valence electrons. The smallest absolute Gasteiger partial charge is 0.278 e. The van der Waals surface area contributed by atoms with Gasteiger partial charge in [0.15, 0.2) is 11.6 Å². The number of carbonyl (C=O) groups is 1. The van der Waals surface area contributed by atoms with Gasteiger partial charge in [-0.2, -0.15) is 5.10 Å². The van der Waals surface area contributed by atoms with E-state index in [0.29, 0.717) is 28.5 Å². The van der Waals surface area contributed by atoms with Crippen LogP contribution in [0.1, 0.15) is 35.1 Å². The number of nitrogens with one attached hydrogen (secondary N) is 2. The average Bonchev–Trinajstić information content (AvgIpc) is 3.49. The van der Waals surface area contributed by atoms with Crippen molar-refractivity contribution >= 4 is 46.2 Å². The standard InChI is InChI=1S/C21H18B3N7O2/c22-21(23,24)31-10-14(9-27-31)15-2-1-13-8-26-18(7-16(13)28-15)30-19(32)17-11-33-20(29-17)12-3-5-25-6-4-12/h1-2,7-12,25H,3-6H2,(H,26,30,32). The number of piperidine rings is 1. The average molecular weight is 433 g/mol. The molecule has 0 saturated carbocycles. The highest BCUT2D eigenvalue weighted by atomic mass is 16.3. The molecule has 1 aliphatic rings. The van der Waals surface area contributed by atoms with Crippen molar-refractivity contribution in [2.24, 2.45) is 0 Å². The zero-order chi connectivity index (χ0) is 23.0. The van der Waals surface area contributed by atoms with E-state index in [1.807, 2.05) is 12.1 Å². The molecule has 9 nitrogen and oxygen atoms in total. The van der Waals surface area contributed by atoms with Gasteiger partial charge in [0.05, 0.1) is 40.9 Å². The summed E-state index contributed by atoms with van der Waals surface area (Å²) in [5.74, 6) is 0.774. The fourth-order valence-corrected chi connectivity index (χ4v) is 3.74. The van der Waals surface area contributed by atoms with Crippen molar-refractivity contribution in [1.29, 1.82) is 0 Å². The topological polar surface area (TPSA) is 111 Å². The molecular weight excluding hydrogens is 415 g/mol. The third kappa shape index (κ3) is 4.56. The van der Waals surface area contributed by atoms with Gasteiger partial charge in [-0.1, -0.05) is 0 Å². The van der Waals surface area contributed by atoms with E-state index in [-0.39, 0.29) is 11.6 Å². The molecule has 1 aliphatic heterocycles. The quantitative estimate of drug-likeness (QED) is 0.457. The van der Waals surface area contributed by atoms with E-state index in [0.717, 1.165) is 31.3 Å². The van der Waals surface area contributed by atoms with E-state index in [1.165, 1.54) is 10.9 Å². The van der Waals surface area contributed by atoms with Gasteiger partial charge in [0.25, 0.3) is 5.91 Å². The lowest BCUT2D eigenvalue weighted by Crippen LogP contribution is -2.35. The van der Waals surface area contributed by atoms with Crippen molar-refractivity contribution in [3.63, 3.8) is 0 Å². The van der Waals surface area contributed by atoms with Crippen molar-refractivity contribution in [2.45, 2.75) is 24.0 Å². The molecule has 0 aliphatic carbocycles. The van der Waals surface area contributed by atoms with E-state index >= 15 is 0 Å². The Morgan fingerprint density at radius 3 is 2.76 bits per heavy atom. The largest absolute Gasteiger partial charge is 0.448 e. The van der Waals surface area contributed by atoms with Crippen LogP contribution in [0.2, 0.25) is 0 Å². The number of anilines is 1. The van der Waals surface area contributed by atoms with Crippen LogP contribution in [0.5, 0.6) is 0 Å². The Bertz CT molecular complexity index is 1310. The first-order valence-electron chi connectivity index (χ1n) is 10.5. The van der Waals surface area contributed by atoms with Crippen molar-refractivity contribution in [2.75, 3.05) is 18.4 Å². The van der Waals surface area contributed by atoms with Crippen LogP contribution in [0, 0.1) is 0 Å². The number of hydrogen-bond donors (Lipinski definition) is 2. The Morgan fingerprint density at radius 1 is 1.18 bits per heavy atom. The van der Waals surface area contributed by atoms with Gasteiger partial charge in [0.2, 0.25) is 0 Å². The molecule has 33 heavy (non-hydrogen) atoms. The molecule has 1 fully saturated rings. The predicted molar refractivity (Wildman–Crippen MR) is 125 cm³/mol. The van der Waals surface area contributed by atoms with Crippen LogP contribution in [0.3, 0.4) is 0 Å². The maximum Gasteiger partial charge on any atom is 0.278 e. The molecule has 1 amide bonds. The van der Waals surface area contributed by atoms with Crippen LogP contribution in [-0.4, -0.2) is 67.3 Å². The Labute approximate surface area is 194 Å². The number of carbonyl (C=O) groups excluding carboxylic acids is 1. The zero-order valence-electron chi connectivity index (χ0n) is 17.7. The van der Waals surface area contributed by atoms with E-state index in [4.69, 9.17) is 28.0 Å². The Kier molecular flexibility index (Phi) is 5.53. The van der Waals surface area contributed by atoms with Gasteiger partial charge in [-0.15, -0.1) is 0 Å². The molecule has 0 unspecified atom stereocenters. The number of pyridine rings is 2. The first kappa shape index (κ1) is 21.5. The number of hydrogen-bond acceptors (Lipinski definition) is 7. The molecular formula is C21H18B3N7O2. The Hall–Kier alpha value is -3.40. The highest BCUT2D eigenvalue weighted by Crippen LogP contribution is 2.25. The van der Waals surface area contributed by atoms with E-state index in [2.05, 4.69) is 30.7 Å². The van der Waals surface area contributed by atoms with Gasteiger partial charge in [-0.25, -0.2) is 15.0 Å². The van der Waals surface area contributed by atoms with Gasteiger partial charge in [0, 0.05) is 35.3 Å². The van der Waals surface area contributed by atoms with Crippen LogP contribution in [0.4, 0.5) is 5.82 Å². The number of aromatic nitrogens is 5. The predicted octanol–water partition coefficient (Wildman–Crippen LogP) is 1.27. The maximum absolute atomic E-state index is 12.7. The summed E-state index contributed by atoms with van der Waals surface area (Å²) in [6.07, 6.45) is 8.08. The van der Waals surface area contributed by atoms with Crippen LogP contribution >= 0.6 is 0 Å². The summed E-state index contributed by atoms with van der Waals surface area (Å²) in [7, 11) is 17.0. The molecule has 5 heterocycles. The number of oxazole rings is 1. The molecule has 6 radical (unpaired) electrons. The molecule has 4 aromatic heterocycles. The molecule has 0 bridgehead atoms. The summed E-state index contributed by atoms with van der Waals surface area (Å²) in [6.45, 7) is 1.83. The second-order valence-electron chi connectivity index (χ2n) is 8.07. The number of amides is 1. The van der Waals surface area contributed by atoms with E-state index in [1.54, 1.807) is 24.7 Å². The second-order valence-corrected chi connectivity index (χ2v) is 8.07. The van der Waals surface area contributed by atoms with Gasteiger partial charge >= 0.3 is 0 Å². The van der Waals surface area contributed by atoms with E-state index in [9.17, 15) is 4.79 Å². The van der Waals surface area contributed by atoms with Gasteiger partial charge in [-0.3, -0.25) is 9.48 Å². The minimum Gasteiger partial charge on any atom is -0.448 e. The highest BCUT2D eigenvalue weighted by Gasteiger charge is 2.22. The molecule has 4 aromatic rings. The van der Waals surface area contributed by atoms with Crippen molar-refractivity contribution in [3.05, 3.63) is 54.6 Å². The number of fused-ring (bicyclic) bond motifs is 1. The molecule has 12 heteroatoms. The molecule has 0 spiro atoms. The summed E-state index contributed by atoms with van der Waals surface area (Å²) >= 11 is 0. The molecule has 5 rings (SSSR count). The van der Waals surface area contributed by atoms with Crippen LogP contribution in [-0.2, 0) is 5.24 Å². The fraction of sp³-hybridized carbons (Fsp3) is 0.286. The lowest BCUT2D eigenvalue weighted by atomic mass is 9.49. The third-order valence-electron chi connectivity index (χ3n) is 5.53. The molecule has 2 N–H and O–H groups in total. The first-order chi connectivity index (χ1) is 15.9. The molecule has 0 atom stereocenters.